The number of rotatable bonds is 9. The molecule has 4 rings (SSSR count). The van der Waals surface area contributed by atoms with Crippen LogP contribution in [0.2, 0.25) is 0 Å². The predicted molar refractivity (Wildman–Crippen MR) is 127 cm³/mol. The number of hydrogen-bond donors (Lipinski definition) is 1. The molecule has 0 aliphatic rings. The summed E-state index contributed by atoms with van der Waals surface area (Å²) in [6.07, 6.45) is 1.28. The van der Waals surface area contributed by atoms with E-state index in [1.54, 1.807) is 47.0 Å². The third-order valence-corrected chi connectivity index (χ3v) is 6.25. The Labute approximate surface area is 198 Å². The number of carbonyl (C=O) groups is 1. The van der Waals surface area contributed by atoms with E-state index in [1.165, 1.54) is 24.3 Å². The highest BCUT2D eigenvalue weighted by Crippen LogP contribution is 2.35. The average Bonchev–Trinajstić information content (AvgIpc) is 3.15. The molecule has 0 saturated heterocycles. The van der Waals surface area contributed by atoms with Gasteiger partial charge in [0.1, 0.15) is 17.4 Å². The lowest BCUT2D eigenvalue weighted by Crippen LogP contribution is -2.15. The molecule has 0 atom stereocenters. The van der Waals surface area contributed by atoms with E-state index in [9.17, 15) is 18.4 Å². The summed E-state index contributed by atoms with van der Waals surface area (Å²) in [6, 6.07) is 19.1. The van der Waals surface area contributed by atoms with Crippen LogP contribution in [0.1, 0.15) is 12.0 Å². The molecule has 1 heterocycles. The van der Waals surface area contributed by atoms with Gasteiger partial charge in [-0.15, -0.1) is 0 Å². The second-order valence-corrected chi connectivity index (χ2v) is 8.61. The summed E-state index contributed by atoms with van der Waals surface area (Å²) in [4.78, 5) is 24.2. The molecule has 0 saturated carbocycles. The van der Waals surface area contributed by atoms with Gasteiger partial charge < -0.3 is 9.84 Å². The highest BCUT2D eigenvalue weighted by Gasteiger charge is 2.18. The molecule has 34 heavy (non-hydrogen) atoms. The maximum absolute atomic E-state index is 13.5. The molecule has 1 aromatic heterocycles. The van der Waals surface area contributed by atoms with Crippen molar-refractivity contribution in [2.45, 2.75) is 19.4 Å². The third kappa shape index (κ3) is 5.58. The van der Waals surface area contributed by atoms with Crippen molar-refractivity contribution in [3.05, 3.63) is 99.7 Å². The van der Waals surface area contributed by atoms with Crippen molar-refractivity contribution in [2.75, 3.05) is 6.61 Å². The van der Waals surface area contributed by atoms with Crippen LogP contribution in [-0.4, -0.2) is 22.2 Å². The van der Waals surface area contributed by atoms with E-state index in [1.807, 2.05) is 6.07 Å². The summed E-state index contributed by atoms with van der Waals surface area (Å²) in [5, 5.41) is 8.77. The summed E-state index contributed by atoms with van der Waals surface area (Å²) in [5.41, 5.74) is 3.03. The van der Waals surface area contributed by atoms with Crippen LogP contribution in [0.3, 0.4) is 0 Å². The van der Waals surface area contributed by atoms with Crippen LogP contribution in [0, 0.1) is 11.6 Å². The molecule has 8 heteroatoms. The fourth-order valence-corrected chi connectivity index (χ4v) is 4.72. The Morgan fingerprint density at radius 3 is 2.24 bits per heavy atom. The number of hydrogen-bond acceptors (Lipinski definition) is 4. The summed E-state index contributed by atoms with van der Waals surface area (Å²) in [5.74, 6) is -1.32. The van der Waals surface area contributed by atoms with Crippen molar-refractivity contribution in [3.63, 3.8) is 0 Å². The number of carboxylic acids is 1. The lowest BCUT2D eigenvalue weighted by Gasteiger charge is -2.11. The zero-order valence-electron chi connectivity index (χ0n) is 18.0. The first kappa shape index (κ1) is 23.4. The number of carboxylic acid groups (broad SMARTS) is 1. The Hall–Kier alpha value is -3.78. The van der Waals surface area contributed by atoms with Crippen molar-refractivity contribution >= 4 is 17.3 Å². The molecule has 0 unspecified atom stereocenters. The van der Waals surface area contributed by atoms with Crippen LogP contribution >= 0.6 is 11.3 Å². The number of aromatic nitrogens is 1. The van der Waals surface area contributed by atoms with Gasteiger partial charge in [-0.05, 0) is 78.1 Å². The Morgan fingerprint density at radius 2 is 1.59 bits per heavy atom. The lowest BCUT2D eigenvalue weighted by molar-refractivity contribution is -0.139. The van der Waals surface area contributed by atoms with Gasteiger partial charge in [0.2, 0.25) is 0 Å². The topological polar surface area (TPSA) is 68.5 Å². The molecule has 3 aromatic carbocycles. The Balaban J connectivity index is 1.60. The quantitative estimate of drug-likeness (QED) is 0.337. The molecule has 5 nitrogen and oxygen atoms in total. The van der Waals surface area contributed by atoms with Crippen LogP contribution in [-0.2, 0) is 17.8 Å². The molecular weight excluding hydrogens is 460 g/mol. The lowest BCUT2D eigenvalue weighted by atomic mass is 10.1. The van der Waals surface area contributed by atoms with Crippen LogP contribution < -0.4 is 9.61 Å². The van der Waals surface area contributed by atoms with E-state index in [4.69, 9.17) is 9.84 Å². The van der Waals surface area contributed by atoms with E-state index in [0.29, 0.717) is 46.8 Å². The van der Waals surface area contributed by atoms with Gasteiger partial charge in [-0.25, -0.2) is 13.6 Å². The molecule has 0 spiro atoms. The highest BCUT2D eigenvalue weighted by molar-refractivity contribution is 7.13. The summed E-state index contributed by atoms with van der Waals surface area (Å²) < 4.78 is 33.9. The zero-order valence-corrected chi connectivity index (χ0v) is 18.9. The van der Waals surface area contributed by atoms with Crippen molar-refractivity contribution in [3.8, 4) is 27.4 Å². The normalized spacial score (nSPS) is 10.9. The molecule has 0 bridgehead atoms. The van der Waals surface area contributed by atoms with Gasteiger partial charge >= 0.3 is 10.8 Å². The minimum absolute atomic E-state index is 0.155. The fraction of sp³-hybridized carbons (Fsp3) is 0.154. The van der Waals surface area contributed by atoms with Gasteiger partial charge in [-0.1, -0.05) is 35.6 Å². The number of ether oxygens (including phenoxy) is 1. The van der Waals surface area contributed by atoms with Crippen LogP contribution in [0.4, 0.5) is 8.78 Å². The second kappa shape index (κ2) is 10.4. The van der Waals surface area contributed by atoms with E-state index in [-0.39, 0.29) is 16.5 Å². The monoisotopic (exact) mass is 481 g/mol. The summed E-state index contributed by atoms with van der Waals surface area (Å²) in [6.45, 7) is 0.00436. The van der Waals surface area contributed by atoms with Gasteiger partial charge in [0.15, 0.2) is 6.61 Å². The van der Waals surface area contributed by atoms with E-state index >= 15 is 0 Å². The molecule has 1 N–H and O–H groups in total. The van der Waals surface area contributed by atoms with Crippen molar-refractivity contribution in [1.82, 2.24) is 4.57 Å². The van der Waals surface area contributed by atoms with E-state index in [2.05, 4.69) is 0 Å². The fourth-order valence-electron chi connectivity index (χ4n) is 3.68. The Bertz CT molecular complexity index is 1340. The first-order valence-corrected chi connectivity index (χ1v) is 11.4. The average molecular weight is 482 g/mol. The van der Waals surface area contributed by atoms with Crippen LogP contribution in [0.25, 0.3) is 21.7 Å². The molecule has 0 radical (unpaired) electrons. The van der Waals surface area contributed by atoms with Gasteiger partial charge in [0, 0.05) is 6.54 Å². The standard InChI is InChI=1S/C26H21F2NO4S/c27-20-10-6-18(7-11-20)24-25(19-8-12-21(28)13-9-19)34-26(32)29(24)14-2-4-17-3-1-5-22(15-17)33-16-23(30)31/h1,3,5-13,15H,2,4,14,16H2,(H,30,31). The molecule has 0 amide bonds. The third-order valence-electron chi connectivity index (χ3n) is 5.23. The van der Waals surface area contributed by atoms with Crippen molar-refractivity contribution in [2.24, 2.45) is 0 Å². The Morgan fingerprint density at radius 1 is 0.941 bits per heavy atom. The van der Waals surface area contributed by atoms with Crippen molar-refractivity contribution in [1.29, 1.82) is 0 Å². The van der Waals surface area contributed by atoms with Gasteiger partial charge in [-0.2, -0.15) is 0 Å². The molecule has 0 fully saturated rings. The van der Waals surface area contributed by atoms with Gasteiger partial charge in [-0.3, -0.25) is 9.36 Å². The highest BCUT2D eigenvalue weighted by atomic mass is 32.1. The molecule has 0 aliphatic heterocycles. The number of aliphatic carboxylic acids is 1. The Kier molecular flexibility index (Phi) is 7.18. The first-order valence-electron chi connectivity index (χ1n) is 10.6. The molecule has 0 aliphatic carbocycles. The summed E-state index contributed by atoms with van der Waals surface area (Å²) in [7, 11) is 0. The smallest absolute Gasteiger partial charge is 0.341 e. The number of benzene rings is 3. The maximum Gasteiger partial charge on any atom is 0.341 e. The van der Waals surface area contributed by atoms with Crippen LogP contribution in [0.5, 0.6) is 5.75 Å². The predicted octanol–water partition coefficient (Wildman–Crippen LogP) is 5.62. The largest absolute Gasteiger partial charge is 0.482 e. The van der Waals surface area contributed by atoms with Gasteiger partial charge in [0.05, 0.1) is 10.6 Å². The maximum atomic E-state index is 13.5. The van der Waals surface area contributed by atoms with Crippen molar-refractivity contribution < 1.29 is 23.4 Å². The molecule has 174 valence electrons. The number of halogens is 2. The molecule has 4 aromatic rings. The minimum Gasteiger partial charge on any atom is -0.482 e. The summed E-state index contributed by atoms with van der Waals surface area (Å²) >= 11 is 1.07. The number of nitrogens with zero attached hydrogens (tertiary/aromatic N) is 1. The number of aryl methyl sites for hydroxylation is 1. The van der Waals surface area contributed by atoms with E-state index < -0.39 is 12.6 Å². The SMILES string of the molecule is O=C(O)COc1cccc(CCCn2c(-c3ccc(F)cc3)c(-c3ccc(F)cc3)sc2=O)c1. The zero-order chi connectivity index (χ0) is 24.1. The number of thiazole rings is 1. The molecular formula is C26H21F2NO4S. The minimum atomic E-state index is -1.05. The first-order chi connectivity index (χ1) is 16.4. The second-order valence-electron chi connectivity index (χ2n) is 7.64. The van der Waals surface area contributed by atoms with E-state index in [0.717, 1.165) is 16.9 Å². The van der Waals surface area contributed by atoms with Gasteiger partial charge in [0.25, 0.3) is 0 Å². The van der Waals surface area contributed by atoms with Crippen LogP contribution in [0.15, 0.2) is 77.6 Å².